The number of nitrogens with zero attached hydrogens (tertiary/aromatic N) is 1. The lowest BCUT2D eigenvalue weighted by Gasteiger charge is -2.25. The molecule has 1 atom stereocenters. The van der Waals surface area contributed by atoms with Crippen molar-refractivity contribution >= 4 is 11.9 Å². The van der Waals surface area contributed by atoms with Crippen molar-refractivity contribution in [2.24, 2.45) is 0 Å². The van der Waals surface area contributed by atoms with Gasteiger partial charge in [0.2, 0.25) is 5.91 Å². The van der Waals surface area contributed by atoms with Gasteiger partial charge < -0.3 is 10.0 Å². The lowest BCUT2D eigenvalue weighted by molar-refractivity contribution is -0.149. The zero-order valence-corrected chi connectivity index (χ0v) is 11.5. The molecule has 0 aromatic heterocycles. The van der Waals surface area contributed by atoms with Gasteiger partial charge in [0.25, 0.3) is 0 Å². The van der Waals surface area contributed by atoms with Gasteiger partial charge in [0, 0.05) is 19.9 Å². The standard InChI is InChI=1S/C15H21NO3/c1-3-4-10-14(17)16(2)13(15(18)19)11-12-8-6-5-7-9-12/h5-9,13H,3-4,10-11H2,1-2H3,(H,18,19). The molecular weight excluding hydrogens is 242 g/mol. The first-order valence-corrected chi connectivity index (χ1v) is 6.58. The largest absolute Gasteiger partial charge is 0.480 e. The molecule has 1 aromatic rings. The summed E-state index contributed by atoms with van der Waals surface area (Å²) in [6.45, 7) is 2.01. The van der Waals surface area contributed by atoms with Crippen LogP contribution in [0.2, 0.25) is 0 Å². The zero-order chi connectivity index (χ0) is 14.3. The Balaban J connectivity index is 2.72. The van der Waals surface area contributed by atoms with Gasteiger partial charge in [-0.1, -0.05) is 43.7 Å². The number of unbranched alkanes of at least 4 members (excludes halogenated alkanes) is 1. The van der Waals surface area contributed by atoms with Crippen LogP contribution < -0.4 is 0 Å². The van der Waals surface area contributed by atoms with Gasteiger partial charge in [-0.3, -0.25) is 4.79 Å². The fourth-order valence-electron chi connectivity index (χ4n) is 1.91. The van der Waals surface area contributed by atoms with Gasteiger partial charge in [-0.25, -0.2) is 4.79 Å². The van der Waals surface area contributed by atoms with Crippen LogP contribution in [0.3, 0.4) is 0 Å². The van der Waals surface area contributed by atoms with Crippen LogP contribution in [-0.2, 0) is 16.0 Å². The maximum absolute atomic E-state index is 11.9. The predicted molar refractivity (Wildman–Crippen MR) is 73.9 cm³/mol. The number of carboxylic acids is 1. The van der Waals surface area contributed by atoms with Gasteiger partial charge in [0.15, 0.2) is 0 Å². The summed E-state index contributed by atoms with van der Waals surface area (Å²) in [6.07, 6.45) is 2.47. The van der Waals surface area contributed by atoms with Crippen molar-refractivity contribution in [3.63, 3.8) is 0 Å². The number of amides is 1. The second-order valence-corrected chi connectivity index (χ2v) is 4.65. The van der Waals surface area contributed by atoms with Crippen LogP contribution in [0, 0.1) is 0 Å². The molecule has 1 N–H and O–H groups in total. The predicted octanol–water partition coefficient (Wildman–Crippen LogP) is 2.33. The molecule has 0 fully saturated rings. The Bertz CT molecular complexity index is 417. The summed E-state index contributed by atoms with van der Waals surface area (Å²) in [6, 6.07) is 8.57. The number of aliphatic carboxylic acids is 1. The highest BCUT2D eigenvalue weighted by Crippen LogP contribution is 2.10. The minimum Gasteiger partial charge on any atom is -0.480 e. The lowest BCUT2D eigenvalue weighted by atomic mass is 10.0. The number of carbonyl (C=O) groups is 2. The van der Waals surface area contributed by atoms with Gasteiger partial charge in [0.1, 0.15) is 6.04 Å². The Hall–Kier alpha value is -1.84. The van der Waals surface area contributed by atoms with E-state index in [9.17, 15) is 14.7 Å². The molecular formula is C15H21NO3. The molecule has 104 valence electrons. The second-order valence-electron chi connectivity index (χ2n) is 4.65. The molecule has 1 amide bonds. The molecule has 0 aliphatic carbocycles. The molecule has 0 heterocycles. The smallest absolute Gasteiger partial charge is 0.326 e. The number of carbonyl (C=O) groups excluding carboxylic acids is 1. The first-order valence-electron chi connectivity index (χ1n) is 6.58. The van der Waals surface area contributed by atoms with Crippen molar-refractivity contribution in [3.8, 4) is 0 Å². The van der Waals surface area contributed by atoms with Crippen LogP contribution in [0.5, 0.6) is 0 Å². The molecule has 0 aliphatic rings. The van der Waals surface area contributed by atoms with E-state index in [0.717, 1.165) is 18.4 Å². The number of hydrogen-bond donors (Lipinski definition) is 1. The van der Waals surface area contributed by atoms with Crippen molar-refractivity contribution in [2.75, 3.05) is 7.05 Å². The average Bonchev–Trinajstić information content (AvgIpc) is 2.42. The molecule has 4 nitrogen and oxygen atoms in total. The summed E-state index contributed by atoms with van der Waals surface area (Å²) < 4.78 is 0. The van der Waals surface area contributed by atoms with E-state index < -0.39 is 12.0 Å². The maximum Gasteiger partial charge on any atom is 0.326 e. The SMILES string of the molecule is CCCCC(=O)N(C)C(Cc1ccccc1)C(=O)O. The highest BCUT2D eigenvalue weighted by molar-refractivity contribution is 5.83. The fraction of sp³-hybridized carbons (Fsp3) is 0.467. The molecule has 0 saturated carbocycles. The third-order valence-electron chi connectivity index (χ3n) is 3.16. The van der Waals surface area contributed by atoms with E-state index in [0.29, 0.717) is 12.8 Å². The van der Waals surface area contributed by atoms with Gasteiger partial charge in [0.05, 0.1) is 0 Å². The van der Waals surface area contributed by atoms with Crippen LogP contribution >= 0.6 is 0 Å². The van der Waals surface area contributed by atoms with E-state index >= 15 is 0 Å². The van der Waals surface area contributed by atoms with Crippen LogP contribution in [0.4, 0.5) is 0 Å². The van der Waals surface area contributed by atoms with E-state index in [4.69, 9.17) is 0 Å². The van der Waals surface area contributed by atoms with Gasteiger partial charge in [-0.15, -0.1) is 0 Å². The highest BCUT2D eigenvalue weighted by Gasteiger charge is 2.26. The third-order valence-corrected chi connectivity index (χ3v) is 3.16. The first kappa shape index (κ1) is 15.2. The van der Waals surface area contributed by atoms with Gasteiger partial charge in [-0.05, 0) is 12.0 Å². The van der Waals surface area contributed by atoms with E-state index in [1.165, 1.54) is 4.90 Å². The molecule has 1 unspecified atom stereocenters. The van der Waals surface area contributed by atoms with Crippen molar-refractivity contribution in [1.82, 2.24) is 4.90 Å². The Morgan fingerprint density at radius 1 is 1.26 bits per heavy atom. The Labute approximate surface area is 114 Å². The Morgan fingerprint density at radius 3 is 2.42 bits per heavy atom. The molecule has 1 rings (SSSR count). The van der Waals surface area contributed by atoms with E-state index in [-0.39, 0.29) is 5.91 Å². The quantitative estimate of drug-likeness (QED) is 0.821. The minimum absolute atomic E-state index is 0.106. The third kappa shape index (κ3) is 4.73. The molecule has 4 heteroatoms. The average molecular weight is 263 g/mol. The van der Waals surface area contributed by atoms with E-state index in [1.54, 1.807) is 7.05 Å². The summed E-state index contributed by atoms with van der Waals surface area (Å²) in [5, 5.41) is 9.29. The number of carboxylic acid groups (broad SMARTS) is 1. The van der Waals surface area contributed by atoms with Crippen LogP contribution in [0.15, 0.2) is 30.3 Å². The van der Waals surface area contributed by atoms with E-state index in [1.807, 2.05) is 37.3 Å². The lowest BCUT2D eigenvalue weighted by Crippen LogP contribution is -2.43. The van der Waals surface area contributed by atoms with Crippen molar-refractivity contribution in [2.45, 2.75) is 38.6 Å². The van der Waals surface area contributed by atoms with Gasteiger partial charge in [-0.2, -0.15) is 0 Å². The molecule has 1 aromatic carbocycles. The zero-order valence-electron chi connectivity index (χ0n) is 11.5. The van der Waals surface area contributed by atoms with Crippen LogP contribution in [-0.4, -0.2) is 35.0 Å². The van der Waals surface area contributed by atoms with Crippen molar-refractivity contribution in [3.05, 3.63) is 35.9 Å². The van der Waals surface area contributed by atoms with Gasteiger partial charge >= 0.3 is 5.97 Å². The van der Waals surface area contributed by atoms with Crippen LogP contribution in [0.25, 0.3) is 0 Å². The number of likely N-dealkylation sites (N-methyl/N-ethyl adjacent to an activating group) is 1. The number of rotatable bonds is 7. The minimum atomic E-state index is -0.962. The summed E-state index contributed by atoms with van der Waals surface area (Å²) in [5.74, 6) is -1.07. The Kier molecular flexibility index (Phi) is 6.06. The van der Waals surface area contributed by atoms with E-state index in [2.05, 4.69) is 0 Å². The molecule has 0 aliphatic heterocycles. The summed E-state index contributed by atoms with van der Waals surface area (Å²) >= 11 is 0. The molecule has 0 radical (unpaired) electrons. The van der Waals surface area contributed by atoms with Crippen LogP contribution in [0.1, 0.15) is 31.7 Å². The Morgan fingerprint density at radius 2 is 1.89 bits per heavy atom. The molecule has 0 saturated heterocycles. The number of benzene rings is 1. The second kappa shape index (κ2) is 7.56. The fourth-order valence-corrected chi connectivity index (χ4v) is 1.91. The van der Waals surface area contributed by atoms with Crippen molar-refractivity contribution in [1.29, 1.82) is 0 Å². The molecule has 0 spiro atoms. The molecule has 19 heavy (non-hydrogen) atoms. The first-order chi connectivity index (χ1) is 9.06. The number of hydrogen-bond acceptors (Lipinski definition) is 2. The molecule has 0 bridgehead atoms. The highest BCUT2D eigenvalue weighted by atomic mass is 16.4. The summed E-state index contributed by atoms with van der Waals surface area (Å²) in [5.41, 5.74) is 0.921. The maximum atomic E-state index is 11.9. The van der Waals surface area contributed by atoms with Crippen molar-refractivity contribution < 1.29 is 14.7 Å². The summed E-state index contributed by atoms with van der Waals surface area (Å²) in [7, 11) is 1.57. The summed E-state index contributed by atoms with van der Waals surface area (Å²) in [4.78, 5) is 24.6. The normalized spacial score (nSPS) is 11.9. The topological polar surface area (TPSA) is 57.6 Å². The monoisotopic (exact) mass is 263 g/mol.